The van der Waals surface area contributed by atoms with Crippen molar-refractivity contribution in [2.75, 3.05) is 13.2 Å². The number of rotatable bonds is 5. The Labute approximate surface area is 173 Å². The molecule has 0 aliphatic carbocycles. The molecule has 3 heterocycles. The van der Waals surface area contributed by atoms with Crippen LogP contribution in [0.25, 0.3) is 11.0 Å². The first-order valence-electron chi connectivity index (χ1n) is 10.0. The molecule has 1 aliphatic rings. The van der Waals surface area contributed by atoms with Crippen LogP contribution in [0.1, 0.15) is 35.8 Å². The molecule has 2 aromatic carbocycles. The quantitative estimate of drug-likeness (QED) is 0.519. The average Bonchev–Trinajstić information content (AvgIpc) is 3.17. The summed E-state index contributed by atoms with van der Waals surface area (Å²) in [6.07, 6.45) is 5.83. The molecule has 7 heteroatoms. The Morgan fingerprint density at radius 3 is 2.67 bits per heavy atom. The molecule has 1 N–H and O–H groups in total. The highest BCUT2D eigenvalue weighted by molar-refractivity contribution is 5.75. The number of nitrogens with zero attached hydrogens (tertiary/aromatic N) is 3. The molecule has 1 aliphatic heterocycles. The Morgan fingerprint density at radius 2 is 1.83 bits per heavy atom. The van der Waals surface area contributed by atoms with Gasteiger partial charge < -0.3 is 14.5 Å². The van der Waals surface area contributed by atoms with Crippen LogP contribution in [0, 0.1) is 5.82 Å². The molecule has 2 aromatic heterocycles. The van der Waals surface area contributed by atoms with E-state index in [0.29, 0.717) is 29.5 Å². The second-order valence-electron chi connectivity index (χ2n) is 7.40. The molecule has 152 valence electrons. The van der Waals surface area contributed by atoms with Crippen molar-refractivity contribution < 1.29 is 13.9 Å². The van der Waals surface area contributed by atoms with Crippen LogP contribution in [0.4, 0.5) is 4.39 Å². The second-order valence-corrected chi connectivity index (χ2v) is 7.40. The van der Waals surface area contributed by atoms with E-state index in [1.165, 1.54) is 12.1 Å². The molecule has 6 nitrogen and oxygen atoms in total. The monoisotopic (exact) mass is 404 g/mol. The minimum absolute atomic E-state index is 0.275. The number of aromatic nitrogens is 4. The van der Waals surface area contributed by atoms with Crippen LogP contribution in [0.3, 0.4) is 0 Å². The van der Waals surface area contributed by atoms with E-state index >= 15 is 0 Å². The number of imidazole rings is 1. The number of hydrogen-bond donors (Lipinski definition) is 1. The Hall–Kier alpha value is -3.32. The minimum Gasteiger partial charge on any atom is -0.437 e. The maximum absolute atomic E-state index is 13.4. The molecule has 0 atom stereocenters. The molecule has 0 amide bonds. The van der Waals surface area contributed by atoms with Crippen molar-refractivity contribution in [1.82, 2.24) is 19.9 Å². The molecule has 0 unspecified atom stereocenters. The van der Waals surface area contributed by atoms with Gasteiger partial charge in [-0.05, 0) is 48.7 Å². The van der Waals surface area contributed by atoms with Gasteiger partial charge in [0.05, 0.1) is 11.0 Å². The molecule has 5 rings (SSSR count). The number of benzene rings is 2. The first-order valence-corrected chi connectivity index (χ1v) is 10.0. The van der Waals surface area contributed by atoms with Gasteiger partial charge in [-0.1, -0.05) is 12.1 Å². The summed E-state index contributed by atoms with van der Waals surface area (Å²) in [5, 5.41) is 0. The van der Waals surface area contributed by atoms with Gasteiger partial charge in [-0.2, -0.15) is 0 Å². The molecule has 30 heavy (non-hydrogen) atoms. The molecular weight excluding hydrogens is 383 g/mol. The van der Waals surface area contributed by atoms with E-state index in [9.17, 15) is 4.39 Å². The molecule has 4 aromatic rings. The standard InChI is InChI=1S/C23H21FN4O2/c24-17-3-6-19-20(14-17)28-21(27-19)13-15-1-4-18(5-2-15)30-23-22(25-9-10-26-23)16-7-11-29-12-8-16/h1-6,9-10,14,16H,7-8,11-13H2,(H,27,28). The van der Waals surface area contributed by atoms with Gasteiger partial charge in [0.2, 0.25) is 5.88 Å². The van der Waals surface area contributed by atoms with E-state index in [1.54, 1.807) is 18.5 Å². The van der Waals surface area contributed by atoms with Gasteiger partial charge in [-0.15, -0.1) is 0 Å². The second kappa shape index (κ2) is 8.20. The summed E-state index contributed by atoms with van der Waals surface area (Å²) in [6, 6.07) is 12.4. The topological polar surface area (TPSA) is 72.9 Å². The predicted octanol–water partition coefficient (Wildman–Crippen LogP) is 4.77. The van der Waals surface area contributed by atoms with E-state index in [2.05, 4.69) is 19.9 Å². The highest BCUT2D eigenvalue weighted by Crippen LogP contribution is 2.32. The fourth-order valence-corrected chi connectivity index (χ4v) is 3.76. The van der Waals surface area contributed by atoms with Gasteiger partial charge in [0, 0.05) is 37.9 Å². The summed E-state index contributed by atoms with van der Waals surface area (Å²) in [5.41, 5.74) is 3.42. The largest absolute Gasteiger partial charge is 0.437 e. The van der Waals surface area contributed by atoms with Crippen LogP contribution in [0.5, 0.6) is 11.6 Å². The summed E-state index contributed by atoms with van der Waals surface area (Å²) in [4.78, 5) is 16.6. The van der Waals surface area contributed by atoms with Gasteiger partial charge in [-0.25, -0.2) is 14.4 Å². The fraction of sp³-hybridized carbons (Fsp3) is 0.261. The van der Waals surface area contributed by atoms with Crippen LogP contribution >= 0.6 is 0 Å². The summed E-state index contributed by atoms with van der Waals surface area (Å²) in [6.45, 7) is 1.48. The van der Waals surface area contributed by atoms with Gasteiger partial charge >= 0.3 is 0 Å². The molecular formula is C23H21FN4O2. The minimum atomic E-state index is -0.275. The van der Waals surface area contributed by atoms with Crippen molar-refractivity contribution in [3.05, 3.63) is 77.8 Å². The lowest BCUT2D eigenvalue weighted by molar-refractivity contribution is 0.0839. The molecule has 0 saturated carbocycles. The number of hydrogen-bond acceptors (Lipinski definition) is 5. The van der Waals surface area contributed by atoms with Crippen molar-refractivity contribution in [2.45, 2.75) is 25.2 Å². The van der Waals surface area contributed by atoms with Crippen molar-refractivity contribution >= 4 is 11.0 Å². The Morgan fingerprint density at radius 1 is 1.03 bits per heavy atom. The van der Waals surface area contributed by atoms with Crippen molar-refractivity contribution in [3.8, 4) is 11.6 Å². The Kier molecular flexibility index (Phi) is 5.11. The van der Waals surface area contributed by atoms with Crippen LogP contribution in [-0.2, 0) is 11.2 Å². The van der Waals surface area contributed by atoms with Gasteiger partial charge in [0.1, 0.15) is 23.1 Å². The summed E-state index contributed by atoms with van der Waals surface area (Å²) < 4.78 is 24.9. The third-order valence-electron chi connectivity index (χ3n) is 5.30. The highest BCUT2D eigenvalue weighted by Gasteiger charge is 2.22. The maximum Gasteiger partial charge on any atom is 0.241 e. The number of H-pyrrole nitrogens is 1. The number of halogens is 1. The molecule has 1 saturated heterocycles. The highest BCUT2D eigenvalue weighted by atomic mass is 19.1. The lowest BCUT2D eigenvalue weighted by Crippen LogP contribution is -2.16. The zero-order valence-electron chi connectivity index (χ0n) is 16.3. The van der Waals surface area contributed by atoms with Gasteiger partial charge in [0.25, 0.3) is 0 Å². The maximum atomic E-state index is 13.4. The van der Waals surface area contributed by atoms with Crippen molar-refractivity contribution in [1.29, 1.82) is 0 Å². The first kappa shape index (κ1) is 18.7. The molecule has 0 bridgehead atoms. The van der Waals surface area contributed by atoms with Crippen molar-refractivity contribution in [3.63, 3.8) is 0 Å². The van der Waals surface area contributed by atoms with Gasteiger partial charge in [-0.3, -0.25) is 4.98 Å². The average molecular weight is 404 g/mol. The van der Waals surface area contributed by atoms with Crippen LogP contribution in [0.15, 0.2) is 54.9 Å². The lowest BCUT2D eigenvalue weighted by Gasteiger charge is -2.22. The SMILES string of the molecule is Fc1ccc2nc(Cc3ccc(Oc4nccnc4C4CCOCC4)cc3)[nH]c2c1. The molecule has 1 fully saturated rings. The van der Waals surface area contributed by atoms with E-state index < -0.39 is 0 Å². The number of nitrogens with one attached hydrogen (secondary N) is 1. The van der Waals surface area contributed by atoms with Crippen LogP contribution in [0.2, 0.25) is 0 Å². The fourth-order valence-electron chi connectivity index (χ4n) is 3.76. The Bertz CT molecular complexity index is 1150. The van der Waals surface area contributed by atoms with E-state index in [1.807, 2.05) is 24.3 Å². The number of aromatic amines is 1. The first-order chi connectivity index (χ1) is 14.7. The zero-order chi connectivity index (χ0) is 20.3. The van der Waals surface area contributed by atoms with E-state index in [0.717, 1.165) is 48.7 Å². The van der Waals surface area contributed by atoms with Crippen LogP contribution < -0.4 is 4.74 Å². The normalized spacial score (nSPS) is 14.8. The molecule has 0 spiro atoms. The lowest BCUT2D eigenvalue weighted by atomic mass is 9.96. The van der Waals surface area contributed by atoms with Crippen LogP contribution in [-0.4, -0.2) is 33.1 Å². The Balaban J connectivity index is 1.30. The number of fused-ring (bicyclic) bond motifs is 1. The third-order valence-corrected chi connectivity index (χ3v) is 5.30. The van der Waals surface area contributed by atoms with Gasteiger partial charge in [0.15, 0.2) is 0 Å². The molecule has 0 radical (unpaired) electrons. The summed E-state index contributed by atoms with van der Waals surface area (Å²) >= 11 is 0. The summed E-state index contributed by atoms with van der Waals surface area (Å²) in [7, 11) is 0. The number of ether oxygens (including phenoxy) is 2. The predicted molar refractivity (Wildman–Crippen MR) is 110 cm³/mol. The van der Waals surface area contributed by atoms with E-state index in [4.69, 9.17) is 9.47 Å². The third kappa shape index (κ3) is 4.02. The summed E-state index contributed by atoms with van der Waals surface area (Å²) in [5.74, 6) is 2.08. The smallest absolute Gasteiger partial charge is 0.241 e. The van der Waals surface area contributed by atoms with Crippen molar-refractivity contribution in [2.24, 2.45) is 0 Å². The zero-order valence-corrected chi connectivity index (χ0v) is 16.3. The van der Waals surface area contributed by atoms with E-state index in [-0.39, 0.29) is 5.82 Å².